The maximum atomic E-state index is 11.6. The quantitative estimate of drug-likeness (QED) is 0.796. The molecule has 0 aliphatic rings. The van der Waals surface area contributed by atoms with E-state index < -0.39 is 0 Å². The minimum Gasteiger partial charge on any atom is -0.496 e. The van der Waals surface area contributed by atoms with Crippen molar-refractivity contribution in [3.05, 3.63) is 29.8 Å². The molecule has 1 aromatic rings. The van der Waals surface area contributed by atoms with Gasteiger partial charge >= 0.3 is 0 Å². The zero-order valence-electron chi connectivity index (χ0n) is 9.19. The van der Waals surface area contributed by atoms with Crippen LogP contribution in [-0.4, -0.2) is 18.9 Å². The molecule has 15 heavy (non-hydrogen) atoms. The second-order valence-electron chi connectivity index (χ2n) is 3.71. The molecule has 0 radical (unpaired) electrons. The average molecular weight is 207 g/mol. The van der Waals surface area contributed by atoms with E-state index in [0.29, 0.717) is 12.8 Å². The van der Waals surface area contributed by atoms with E-state index >= 15 is 0 Å². The molecule has 0 aliphatic carbocycles. The van der Waals surface area contributed by atoms with Gasteiger partial charge in [-0.1, -0.05) is 18.2 Å². The highest BCUT2D eigenvalue weighted by Gasteiger charge is 2.09. The molecule has 1 aromatic carbocycles. The van der Waals surface area contributed by atoms with Gasteiger partial charge in [-0.05, 0) is 13.0 Å². The summed E-state index contributed by atoms with van der Waals surface area (Å²) in [6, 6.07) is 7.47. The highest BCUT2D eigenvalue weighted by molar-refractivity contribution is 5.82. The van der Waals surface area contributed by atoms with Crippen molar-refractivity contribution in [3.63, 3.8) is 0 Å². The summed E-state index contributed by atoms with van der Waals surface area (Å²) in [6.07, 6.45) is 0.809. The number of hydrogen-bond donors (Lipinski definition) is 1. The lowest BCUT2D eigenvalue weighted by atomic mass is 10.0. The van der Waals surface area contributed by atoms with Crippen molar-refractivity contribution in [1.29, 1.82) is 0 Å². The Kier molecular flexibility index (Phi) is 4.31. The summed E-state index contributed by atoms with van der Waals surface area (Å²) in [5.74, 6) is 0.907. The third-order valence-corrected chi connectivity index (χ3v) is 2.13. The number of ketones is 1. The molecule has 3 heteroatoms. The topological polar surface area (TPSA) is 52.3 Å². The normalized spacial score (nSPS) is 12.2. The molecule has 1 atom stereocenters. The lowest BCUT2D eigenvalue weighted by Crippen LogP contribution is -2.20. The molecule has 0 fully saturated rings. The zero-order valence-corrected chi connectivity index (χ0v) is 9.19. The summed E-state index contributed by atoms with van der Waals surface area (Å²) in [6.45, 7) is 1.83. The first-order valence-electron chi connectivity index (χ1n) is 5.02. The van der Waals surface area contributed by atoms with Gasteiger partial charge in [-0.25, -0.2) is 0 Å². The molecule has 0 bridgehead atoms. The fourth-order valence-corrected chi connectivity index (χ4v) is 1.49. The van der Waals surface area contributed by atoms with Crippen molar-refractivity contribution in [2.45, 2.75) is 25.8 Å². The van der Waals surface area contributed by atoms with Crippen LogP contribution in [0, 0.1) is 0 Å². The van der Waals surface area contributed by atoms with Crippen molar-refractivity contribution in [2.75, 3.05) is 7.11 Å². The van der Waals surface area contributed by atoms with E-state index in [2.05, 4.69) is 0 Å². The summed E-state index contributed by atoms with van der Waals surface area (Å²) >= 11 is 0. The molecule has 82 valence electrons. The molecule has 1 rings (SSSR count). The number of para-hydroxylation sites is 1. The van der Waals surface area contributed by atoms with Crippen LogP contribution in [-0.2, 0) is 11.2 Å². The predicted molar refractivity (Wildman–Crippen MR) is 60.0 cm³/mol. The van der Waals surface area contributed by atoms with Crippen molar-refractivity contribution >= 4 is 5.78 Å². The summed E-state index contributed by atoms with van der Waals surface area (Å²) in [5, 5.41) is 0. The van der Waals surface area contributed by atoms with Crippen LogP contribution in [0.3, 0.4) is 0 Å². The van der Waals surface area contributed by atoms with Crippen LogP contribution in [0.25, 0.3) is 0 Å². The fourth-order valence-electron chi connectivity index (χ4n) is 1.49. The number of Topliss-reactive ketones (excluding diaryl/α,β-unsaturated/α-hetero) is 1. The monoisotopic (exact) mass is 207 g/mol. The summed E-state index contributed by atoms with van der Waals surface area (Å²) in [7, 11) is 1.61. The molecule has 0 amide bonds. The Bertz CT molecular complexity index is 334. The number of carbonyl (C=O) groups excluding carboxylic acids is 1. The van der Waals surface area contributed by atoms with Gasteiger partial charge in [0, 0.05) is 24.4 Å². The standard InChI is InChI=1S/C12H17NO2/c1-9(13)7-11(14)8-10-5-3-4-6-12(10)15-2/h3-6,9H,7-8,13H2,1-2H3. The minimum atomic E-state index is -0.0767. The molecule has 2 N–H and O–H groups in total. The van der Waals surface area contributed by atoms with Crippen LogP contribution in [0.15, 0.2) is 24.3 Å². The molecular weight excluding hydrogens is 190 g/mol. The van der Waals surface area contributed by atoms with Crippen LogP contribution >= 0.6 is 0 Å². The van der Waals surface area contributed by atoms with Crippen molar-refractivity contribution < 1.29 is 9.53 Å². The average Bonchev–Trinajstić information content (AvgIpc) is 2.17. The van der Waals surface area contributed by atoms with Crippen LogP contribution in [0.1, 0.15) is 18.9 Å². The third kappa shape index (κ3) is 3.72. The smallest absolute Gasteiger partial charge is 0.138 e. The van der Waals surface area contributed by atoms with E-state index in [1.165, 1.54) is 0 Å². The maximum absolute atomic E-state index is 11.6. The summed E-state index contributed by atoms with van der Waals surface area (Å²) < 4.78 is 5.17. The summed E-state index contributed by atoms with van der Waals surface area (Å²) in [4.78, 5) is 11.6. The first-order chi connectivity index (χ1) is 7.13. The van der Waals surface area contributed by atoms with Gasteiger partial charge in [0.1, 0.15) is 11.5 Å². The lowest BCUT2D eigenvalue weighted by molar-refractivity contribution is -0.118. The van der Waals surface area contributed by atoms with Crippen molar-refractivity contribution in [3.8, 4) is 5.75 Å². The molecule has 3 nitrogen and oxygen atoms in total. The highest BCUT2D eigenvalue weighted by Crippen LogP contribution is 2.18. The Morgan fingerprint density at radius 3 is 2.73 bits per heavy atom. The van der Waals surface area contributed by atoms with Gasteiger partial charge in [-0.3, -0.25) is 4.79 Å². The van der Waals surface area contributed by atoms with Gasteiger partial charge in [-0.15, -0.1) is 0 Å². The second kappa shape index (κ2) is 5.51. The number of hydrogen-bond acceptors (Lipinski definition) is 3. The molecule has 1 unspecified atom stereocenters. The van der Waals surface area contributed by atoms with E-state index in [1.54, 1.807) is 7.11 Å². The second-order valence-corrected chi connectivity index (χ2v) is 3.71. The SMILES string of the molecule is COc1ccccc1CC(=O)CC(C)N. The highest BCUT2D eigenvalue weighted by atomic mass is 16.5. The Morgan fingerprint density at radius 2 is 2.13 bits per heavy atom. The third-order valence-electron chi connectivity index (χ3n) is 2.13. The van der Waals surface area contributed by atoms with Crippen LogP contribution in [0.2, 0.25) is 0 Å². The summed E-state index contributed by atoms with van der Waals surface area (Å²) in [5.41, 5.74) is 6.49. The molecule has 0 spiro atoms. The number of carbonyl (C=O) groups is 1. The number of benzene rings is 1. The Morgan fingerprint density at radius 1 is 1.47 bits per heavy atom. The largest absolute Gasteiger partial charge is 0.496 e. The van der Waals surface area contributed by atoms with Gasteiger partial charge in [0.05, 0.1) is 7.11 Å². The minimum absolute atomic E-state index is 0.0767. The predicted octanol–water partition coefficient (Wildman–Crippen LogP) is 1.54. The van der Waals surface area contributed by atoms with Crippen LogP contribution < -0.4 is 10.5 Å². The van der Waals surface area contributed by atoms with Gasteiger partial charge in [0.15, 0.2) is 0 Å². The van der Waals surface area contributed by atoms with E-state index in [-0.39, 0.29) is 11.8 Å². The van der Waals surface area contributed by atoms with E-state index in [9.17, 15) is 4.79 Å². The first-order valence-corrected chi connectivity index (χ1v) is 5.02. The van der Waals surface area contributed by atoms with Gasteiger partial charge in [-0.2, -0.15) is 0 Å². The number of methoxy groups -OCH3 is 1. The van der Waals surface area contributed by atoms with E-state index in [1.807, 2.05) is 31.2 Å². The van der Waals surface area contributed by atoms with E-state index in [0.717, 1.165) is 11.3 Å². The Labute approximate surface area is 90.2 Å². The lowest BCUT2D eigenvalue weighted by Gasteiger charge is -2.08. The molecule has 0 saturated heterocycles. The van der Waals surface area contributed by atoms with Gasteiger partial charge < -0.3 is 10.5 Å². The number of nitrogens with two attached hydrogens (primary N) is 1. The molecule has 0 heterocycles. The zero-order chi connectivity index (χ0) is 11.3. The van der Waals surface area contributed by atoms with Crippen LogP contribution in [0.5, 0.6) is 5.75 Å². The molecule has 0 aliphatic heterocycles. The number of ether oxygens (including phenoxy) is 1. The van der Waals surface area contributed by atoms with Crippen molar-refractivity contribution in [2.24, 2.45) is 5.73 Å². The molecule has 0 aromatic heterocycles. The fraction of sp³-hybridized carbons (Fsp3) is 0.417. The first kappa shape index (κ1) is 11.7. The maximum Gasteiger partial charge on any atom is 0.138 e. The van der Waals surface area contributed by atoms with Gasteiger partial charge in [0.25, 0.3) is 0 Å². The van der Waals surface area contributed by atoms with E-state index in [4.69, 9.17) is 10.5 Å². The van der Waals surface area contributed by atoms with Crippen LogP contribution in [0.4, 0.5) is 0 Å². The molecule has 0 saturated carbocycles. The van der Waals surface area contributed by atoms with Crippen molar-refractivity contribution in [1.82, 2.24) is 0 Å². The molecular formula is C12H17NO2. The Hall–Kier alpha value is -1.35. The Balaban J connectivity index is 2.67. The number of rotatable bonds is 5. The van der Waals surface area contributed by atoms with Gasteiger partial charge in [0.2, 0.25) is 0 Å².